The Balaban J connectivity index is 2.39. The van der Waals surface area contributed by atoms with E-state index in [1.807, 2.05) is 0 Å². The van der Waals surface area contributed by atoms with E-state index in [9.17, 15) is 0 Å². The minimum absolute atomic E-state index is 0.264. The fourth-order valence-corrected chi connectivity index (χ4v) is 0.948. The Hall–Kier alpha value is -0.770. The molecule has 0 aliphatic carbocycles. The average molecular weight is 144 g/mol. The molecule has 1 atom stereocenters. The van der Waals surface area contributed by atoms with Crippen LogP contribution in [0.5, 0.6) is 0 Å². The molecule has 2 N–H and O–H groups in total. The van der Waals surface area contributed by atoms with Crippen LogP contribution in [0.2, 0.25) is 0 Å². The van der Waals surface area contributed by atoms with E-state index in [1.165, 1.54) is 7.11 Å². The fraction of sp³-hybridized carbons (Fsp3) is 0.833. The van der Waals surface area contributed by atoms with Crippen molar-refractivity contribution in [3.8, 4) is 0 Å². The molecule has 10 heavy (non-hydrogen) atoms. The Labute approximate surface area is 60.0 Å². The number of nitrogens with zero attached hydrogens (tertiary/aromatic N) is 1. The van der Waals surface area contributed by atoms with Crippen molar-refractivity contribution in [1.82, 2.24) is 0 Å². The van der Waals surface area contributed by atoms with Crippen molar-refractivity contribution >= 4 is 5.84 Å². The zero-order valence-electron chi connectivity index (χ0n) is 6.04. The number of nitrogens with two attached hydrogens (primary N) is 1. The molecule has 1 aliphatic heterocycles. The molecule has 0 aromatic carbocycles. The molecule has 0 saturated carbocycles. The van der Waals surface area contributed by atoms with Crippen LogP contribution in [0.1, 0.15) is 6.42 Å². The van der Waals surface area contributed by atoms with Crippen molar-refractivity contribution in [2.75, 3.05) is 20.3 Å². The van der Waals surface area contributed by atoms with Gasteiger partial charge < -0.3 is 15.3 Å². The highest BCUT2D eigenvalue weighted by molar-refractivity contribution is 5.82. The molecule has 1 rings (SSSR count). The topological polar surface area (TPSA) is 56.8 Å². The van der Waals surface area contributed by atoms with E-state index in [2.05, 4.69) is 9.99 Å². The van der Waals surface area contributed by atoms with E-state index in [1.54, 1.807) is 0 Å². The maximum Gasteiger partial charge on any atom is 0.144 e. The molecule has 4 heteroatoms. The Morgan fingerprint density at radius 3 is 3.10 bits per heavy atom. The first-order valence-corrected chi connectivity index (χ1v) is 3.29. The van der Waals surface area contributed by atoms with Gasteiger partial charge in [-0.2, -0.15) is 0 Å². The molecule has 1 saturated heterocycles. The van der Waals surface area contributed by atoms with Crippen molar-refractivity contribution in [1.29, 1.82) is 0 Å². The van der Waals surface area contributed by atoms with E-state index in [4.69, 9.17) is 10.5 Å². The molecule has 1 unspecified atom stereocenters. The quantitative estimate of drug-likeness (QED) is 0.335. The second-order valence-corrected chi connectivity index (χ2v) is 2.26. The first-order valence-electron chi connectivity index (χ1n) is 3.29. The lowest BCUT2D eigenvalue weighted by Gasteiger charge is -2.03. The van der Waals surface area contributed by atoms with Gasteiger partial charge in [-0.1, -0.05) is 5.16 Å². The summed E-state index contributed by atoms with van der Waals surface area (Å²) in [5, 5.41) is 3.62. The summed E-state index contributed by atoms with van der Waals surface area (Å²) < 4.78 is 5.11. The van der Waals surface area contributed by atoms with Gasteiger partial charge >= 0.3 is 0 Å². The number of ether oxygens (including phenoxy) is 1. The third-order valence-electron chi connectivity index (χ3n) is 1.54. The summed E-state index contributed by atoms with van der Waals surface area (Å²) in [6.07, 6.45) is 0.957. The summed E-state index contributed by atoms with van der Waals surface area (Å²) in [6, 6.07) is 0. The predicted molar refractivity (Wildman–Crippen MR) is 37.6 cm³/mol. The summed E-state index contributed by atoms with van der Waals surface area (Å²) in [4.78, 5) is 4.52. The lowest BCUT2D eigenvalue weighted by atomic mass is 10.1. The molecule has 0 amide bonds. The lowest BCUT2D eigenvalue weighted by Crippen LogP contribution is -2.23. The van der Waals surface area contributed by atoms with Crippen LogP contribution >= 0.6 is 0 Å². The standard InChI is InChI=1S/C6H12N2O2/c1-9-8-6(7)5-2-3-10-4-5/h5H,2-4H2,1H3,(H2,7,8). The van der Waals surface area contributed by atoms with Crippen LogP contribution in [0, 0.1) is 5.92 Å². The van der Waals surface area contributed by atoms with Crippen molar-refractivity contribution in [3.63, 3.8) is 0 Å². The third kappa shape index (κ3) is 1.60. The van der Waals surface area contributed by atoms with Crippen LogP contribution in [0.3, 0.4) is 0 Å². The second-order valence-electron chi connectivity index (χ2n) is 2.26. The number of hydrogen-bond donors (Lipinski definition) is 1. The van der Waals surface area contributed by atoms with Gasteiger partial charge in [0, 0.05) is 12.5 Å². The SMILES string of the molecule is CO/N=C(\N)C1CCOC1. The number of hydrogen-bond acceptors (Lipinski definition) is 3. The van der Waals surface area contributed by atoms with E-state index >= 15 is 0 Å². The Morgan fingerprint density at radius 1 is 1.80 bits per heavy atom. The van der Waals surface area contributed by atoms with Crippen LogP contribution in [0.25, 0.3) is 0 Å². The third-order valence-corrected chi connectivity index (χ3v) is 1.54. The van der Waals surface area contributed by atoms with Crippen molar-refractivity contribution < 1.29 is 9.57 Å². The van der Waals surface area contributed by atoms with Gasteiger partial charge in [0.05, 0.1) is 6.61 Å². The summed E-state index contributed by atoms with van der Waals surface area (Å²) in [5.41, 5.74) is 5.53. The van der Waals surface area contributed by atoms with Gasteiger partial charge in [-0.25, -0.2) is 0 Å². The highest BCUT2D eigenvalue weighted by atomic mass is 16.6. The number of oxime groups is 1. The highest BCUT2D eigenvalue weighted by Crippen LogP contribution is 2.11. The molecule has 58 valence electrons. The maximum absolute atomic E-state index is 5.53. The van der Waals surface area contributed by atoms with E-state index in [0.29, 0.717) is 12.4 Å². The molecular weight excluding hydrogens is 132 g/mol. The van der Waals surface area contributed by atoms with Gasteiger partial charge in [-0.15, -0.1) is 0 Å². The molecular formula is C6H12N2O2. The first-order chi connectivity index (χ1) is 4.84. The molecule has 1 aliphatic rings. The molecule has 0 spiro atoms. The van der Waals surface area contributed by atoms with E-state index < -0.39 is 0 Å². The van der Waals surface area contributed by atoms with E-state index in [0.717, 1.165) is 13.0 Å². The molecule has 0 aromatic heterocycles. The van der Waals surface area contributed by atoms with Crippen LogP contribution in [-0.2, 0) is 9.57 Å². The normalized spacial score (nSPS) is 26.9. The minimum atomic E-state index is 0.264. The largest absolute Gasteiger partial charge is 0.398 e. The predicted octanol–water partition coefficient (Wildman–Crippen LogP) is -0.0585. The lowest BCUT2D eigenvalue weighted by molar-refractivity contribution is 0.189. The van der Waals surface area contributed by atoms with Gasteiger partial charge in [-0.05, 0) is 6.42 Å². The van der Waals surface area contributed by atoms with Gasteiger partial charge in [-0.3, -0.25) is 0 Å². The zero-order chi connectivity index (χ0) is 7.40. The van der Waals surface area contributed by atoms with Crippen LogP contribution in [0.15, 0.2) is 5.16 Å². The smallest absolute Gasteiger partial charge is 0.144 e. The monoisotopic (exact) mass is 144 g/mol. The summed E-state index contributed by atoms with van der Waals surface area (Å²) in [6.45, 7) is 1.46. The molecule has 0 radical (unpaired) electrons. The van der Waals surface area contributed by atoms with Gasteiger partial charge in [0.15, 0.2) is 0 Å². The van der Waals surface area contributed by atoms with Gasteiger partial charge in [0.25, 0.3) is 0 Å². The molecule has 4 nitrogen and oxygen atoms in total. The Morgan fingerprint density at radius 2 is 2.60 bits per heavy atom. The van der Waals surface area contributed by atoms with Crippen molar-refractivity contribution in [2.24, 2.45) is 16.8 Å². The average Bonchev–Trinajstić information content (AvgIpc) is 2.38. The number of amidine groups is 1. The summed E-state index contributed by atoms with van der Waals surface area (Å²) in [7, 11) is 1.49. The van der Waals surface area contributed by atoms with Gasteiger partial charge in [0.1, 0.15) is 12.9 Å². The van der Waals surface area contributed by atoms with Crippen molar-refractivity contribution in [2.45, 2.75) is 6.42 Å². The molecule has 0 aromatic rings. The van der Waals surface area contributed by atoms with Crippen LogP contribution < -0.4 is 5.73 Å². The Kier molecular flexibility index (Phi) is 2.50. The van der Waals surface area contributed by atoms with E-state index in [-0.39, 0.29) is 5.92 Å². The van der Waals surface area contributed by atoms with Gasteiger partial charge in [0.2, 0.25) is 0 Å². The molecule has 1 fully saturated rings. The zero-order valence-corrected chi connectivity index (χ0v) is 6.04. The minimum Gasteiger partial charge on any atom is -0.398 e. The summed E-state index contributed by atoms with van der Waals surface area (Å²) >= 11 is 0. The highest BCUT2D eigenvalue weighted by Gasteiger charge is 2.19. The number of rotatable bonds is 2. The molecule has 1 heterocycles. The first kappa shape index (κ1) is 7.34. The molecule has 0 bridgehead atoms. The fourth-order valence-electron chi connectivity index (χ4n) is 0.948. The van der Waals surface area contributed by atoms with Crippen LogP contribution in [0.4, 0.5) is 0 Å². The maximum atomic E-state index is 5.53. The second kappa shape index (κ2) is 3.41. The van der Waals surface area contributed by atoms with Crippen molar-refractivity contribution in [3.05, 3.63) is 0 Å². The Bertz CT molecular complexity index is 130. The summed E-state index contributed by atoms with van der Waals surface area (Å²) in [5.74, 6) is 0.806. The van der Waals surface area contributed by atoms with Crippen LogP contribution in [-0.4, -0.2) is 26.2 Å².